The van der Waals surface area contributed by atoms with Crippen molar-refractivity contribution in [3.63, 3.8) is 0 Å². The Bertz CT molecular complexity index is 749. The highest BCUT2D eigenvalue weighted by Crippen LogP contribution is 2.34. The lowest BCUT2D eigenvalue weighted by Crippen LogP contribution is -2.32. The maximum absolute atomic E-state index is 13.3. The molecule has 6 nitrogen and oxygen atoms in total. The number of ketones is 1. The second-order valence-electron chi connectivity index (χ2n) is 6.17. The highest BCUT2D eigenvalue weighted by molar-refractivity contribution is 5.92. The molecule has 8 heteroatoms. The van der Waals surface area contributed by atoms with Crippen LogP contribution in [0.25, 0.3) is 5.95 Å². The molecule has 24 heavy (non-hydrogen) atoms. The Kier molecular flexibility index (Phi) is 4.29. The number of hydrogen-bond acceptors (Lipinski definition) is 5. The van der Waals surface area contributed by atoms with Crippen molar-refractivity contribution in [1.29, 1.82) is 0 Å². The van der Waals surface area contributed by atoms with Crippen LogP contribution >= 0.6 is 0 Å². The molecule has 0 unspecified atom stereocenters. The average Bonchev–Trinajstić information content (AvgIpc) is 2.96. The fourth-order valence-electron chi connectivity index (χ4n) is 2.71. The minimum Gasteiger partial charge on any atom is -0.367 e. The lowest BCUT2D eigenvalue weighted by molar-refractivity contribution is -0.0361. The van der Waals surface area contributed by atoms with Crippen LogP contribution in [0.1, 0.15) is 48.8 Å². The lowest BCUT2D eigenvalue weighted by atomic mass is 9.92. The fraction of sp³-hybridized carbons (Fsp3) is 0.500. The molecule has 2 heterocycles. The minimum atomic E-state index is -2.58. The summed E-state index contributed by atoms with van der Waals surface area (Å²) < 4.78 is 28.0. The Hall–Kier alpha value is -2.38. The van der Waals surface area contributed by atoms with Crippen molar-refractivity contribution >= 4 is 11.6 Å². The first kappa shape index (κ1) is 16.5. The van der Waals surface area contributed by atoms with Crippen molar-refractivity contribution in [2.24, 2.45) is 0 Å². The number of alkyl halides is 2. The second kappa shape index (κ2) is 6.26. The molecule has 0 radical (unpaired) electrons. The van der Waals surface area contributed by atoms with E-state index in [0.717, 1.165) is 5.69 Å². The molecule has 1 saturated carbocycles. The van der Waals surface area contributed by atoms with Crippen molar-refractivity contribution in [3.8, 4) is 5.95 Å². The minimum absolute atomic E-state index is 0.0912. The van der Waals surface area contributed by atoms with Crippen molar-refractivity contribution in [2.75, 3.05) is 5.32 Å². The van der Waals surface area contributed by atoms with Gasteiger partial charge < -0.3 is 5.32 Å². The Balaban J connectivity index is 1.84. The number of carbonyl (C=O) groups excluding carboxylic acids is 1. The number of nitrogens with zero attached hydrogens (tertiary/aromatic N) is 4. The van der Waals surface area contributed by atoms with Gasteiger partial charge in [0.25, 0.3) is 5.95 Å². The van der Waals surface area contributed by atoms with E-state index in [0.29, 0.717) is 18.7 Å². The molecule has 0 aromatic carbocycles. The van der Waals surface area contributed by atoms with E-state index in [9.17, 15) is 13.6 Å². The predicted molar refractivity (Wildman–Crippen MR) is 84.7 cm³/mol. The maximum atomic E-state index is 13.3. The number of anilines is 1. The molecule has 3 rings (SSSR count). The number of aryl methyl sites for hydroxylation is 1. The molecule has 0 aliphatic heterocycles. The maximum Gasteiger partial charge on any atom is 0.253 e. The zero-order valence-corrected chi connectivity index (χ0v) is 13.6. The van der Waals surface area contributed by atoms with Gasteiger partial charge >= 0.3 is 0 Å². The average molecular weight is 335 g/mol. The summed E-state index contributed by atoms with van der Waals surface area (Å²) in [5.74, 6) is -2.04. The van der Waals surface area contributed by atoms with Crippen LogP contribution in [0.3, 0.4) is 0 Å². The first-order valence-electron chi connectivity index (χ1n) is 7.89. The van der Waals surface area contributed by atoms with Crippen LogP contribution in [0.2, 0.25) is 0 Å². The van der Waals surface area contributed by atoms with Gasteiger partial charge in [0.2, 0.25) is 5.92 Å². The van der Waals surface area contributed by atoms with Crippen LogP contribution in [0.15, 0.2) is 18.3 Å². The van der Waals surface area contributed by atoms with Gasteiger partial charge in [0.15, 0.2) is 5.78 Å². The van der Waals surface area contributed by atoms with E-state index in [1.807, 2.05) is 6.92 Å². The number of Topliss-reactive ketones (excluding diaryl/α,β-unsaturated/α-hetero) is 1. The van der Waals surface area contributed by atoms with E-state index < -0.39 is 5.92 Å². The Labute approximate surface area is 138 Å². The van der Waals surface area contributed by atoms with Crippen LogP contribution in [-0.4, -0.2) is 37.5 Å². The van der Waals surface area contributed by atoms with Crippen LogP contribution in [0, 0.1) is 6.92 Å². The van der Waals surface area contributed by atoms with E-state index in [-0.39, 0.29) is 36.3 Å². The third-order valence-electron chi connectivity index (χ3n) is 4.07. The highest BCUT2D eigenvalue weighted by Gasteiger charge is 2.35. The molecule has 0 saturated heterocycles. The summed E-state index contributed by atoms with van der Waals surface area (Å²) in [6.45, 7) is 3.26. The second-order valence-corrected chi connectivity index (χ2v) is 6.17. The summed E-state index contributed by atoms with van der Waals surface area (Å²) in [4.78, 5) is 20.3. The Morgan fingerprint density at radius 1 is 1.33 bits per heavy atom. The molecule has 2 aromatic heterocycles. The van der Waals surface area contributed by atoms with E-state index in [2.05, 4.69) is 20.4 Å². The van der Waals surface area contributed by atoms with Crippen molar-refractivity contribution in [3.05, 3.63) is 29.7 Å². The monoisotopic (exact) mass is 335 g/mol. The highest BCUT2D eigenvalue weighted by atomic mass is 19.3. The third kappa shape index (κ3) is 3.74. The zero-order chi connectivity index (χ0) is 17.3. The molecular formula is C16H19F2N5O. The van der Waals surface area contributed by atoms with Crippen LogP contribution in [-0.2, 0) is 0 Å². The zero-order valence-electron chi connectivity index (χ0n) is 13.6. The molecule has 0 bridgehead atoms. The van der Waals surface area contributed by atoms with Crippen LogP contribution in [0.4, 0.5) is 14.6 Å². The normalized spacial score (nSPS) is 17.7. The van der Waals surface area contributed by atoms with Crippen LogP contribution in [0.5, 0.6) is 0 Å². The SMILES string of the molecule is CC(=O)c1cc(NC2CCC(F)(F)CC2)nc(-n2ccc(C)n2)n1. The molecule has 1 fully saturated rings. The van der Waals surface area contributed by atoms with E-state index in [4.69, 9.17) is 0 Å². The van der Waals surface area contributed by atoms with Gasteiger partial charge in [-0.2, -0.15) is 10.1 Å². The molecular weight excluding hydrogens is 316 g/mol. The fourth-order valence-corrected chi connectivity index (χ4v) is 2.71. The molecule has 2 aromatic rings. The third-order valence-corrected chi connectivity index (χ3v) is 4.07. The van der Waals surface area contributed by atoms with Crippen molar-refractivity contribution in [2.45, 2.75) is 51.5 Å². The van der Waals surface area contributed by atoms with Gasteiger partial charge in [0, 0.05) is 38.1 Å². The smallest absolute Gasteiger partial charge is 0.253 e. The largest absolute Gasteiger partial charge is 0.367 e. The Morgan fingerprint density at radius 2 is 2.04 bits per heavy atom. The summed E-state index contributed by atoms with van der Waals surface area (Å²) in [6.07, 6.45) is 2.16. The first-order valence-corrected chi connectivity index (χ1v) is 7.89. The van der Waals surface area contributed by atoms with Crippen molar-refractivity contribution in [1.82, 2.24) is 19.7 Å². The molecule has 0 spiro atoms. The quantitative estimate of drug-likeness (QED) is 0.869. The van der Waals surface area contributed by atoms with E-state index >= 15 is 0 Å². The Morgan fingerprint density at radius 3 is 2.62 bits per heavy atom. The molecule has 0 atom stereocenters. The summed E-state index contributed by atoms with van der Waals surface area (Å²) in [6, 6.07) is 3.27. The van der Waals surface area contributed by atoms with Gasteiger partial charge in [-0.25, -0.2) is 18.4 Å². The van der Waals surface area contributed by atoms with Crippen molar-refractivity contribution < 1.29 is 13.6 Å². The van der Waals surface area contributed by atoms with E-state index in [1.54, 1.807) is 18.3 Å². The number of aromatic nitrogens is 4. The lowest BCUT2D eigenvalue weighted by Gasteiger charge is -2.29. The standard InChI is InChI=1S/C16H19F2N5O/c1-10-5-8-23(22-10)15-20-13(11(2)24)9-14(21-15)19-12-3-6-16(17,18)7-4-12/h5,8-9,12H,3-4,6-7H2,1-2H3,(H,19,20,21). The van der Waals surface area contributed by atoms with Gasteiger partial charge in [-0.1, -0.05) is 0 Å². The molecule has 0 amide bonds. The molecule has 1 aliphatic rings. The summed E-state index contributed by atoms with van der Waals surface area (Å²) in [5, 5.41) is 7.39. The summed E-state index contributed by atoms with van der Waals surface area (Å²) in [5.41, 5.74) is 1.06. The summed E-state index contributed by atoms with van der Waals surface area (Å²) in [7, 11) is 0. The molecule has 1 N–H and O–H groups in total. The topological polar surface area (TPSA) is 72.7 Å². The summed E-state index contributed by atoms with van der Waals surface area (Å²) >= 11 is 0. The molecule has 1 aliphatic carbocycles. The number of carbonyl (C=O) groups is 1. The molecule has 128 valence electrons. The van der Waals surface area contributed by atoms with Crippen LogP contribution < -0.4 is 5.32 Å². The van der Waals surface area contributed by atoms with E-state index in [1.165, 1.54) is 11.6 Å². The van der Waals surface area contributed by atoms with Gasteiger partial charge in [-0.05, 0) is 25.8 Å². The number of nitrogens with one attached hydrogen (secondary N) is 1. The van der Waals surface area contributed by atoms with Gasteiger partial charge in [0.1, 0.15) is 11.5 Å². The predicted octanol–water partition coefficient (Wildman–Crippen LogP) is 3.16. The number of rotatable bonds is 4. The number of hydrogen-bond donors (Lipinski definition) is 1. The van der Waals surface area contributed by atoms with Gasteiger partial charge in [0.05, 0.1) is 5.69 Å². The first-order chi connectivity index (χ1) is 11.3. The van der Waals surface area contributed by atoms with Gasteiger partial charge in [-0.3, -0.25) is 4.79 Å². The number of halogens is 2. The van der Waals surface area contributed by atoms with Gasteiger partial charge in [-0.15, -0.1) is 0 Å².